The Balaban J connectivity index is -0.0000000383. The summed E-state index contributed by atoms with van der Waals surface area (Å²) in [6.07, 6.45) is 0. The molecule has 70 valence electrons. The van der Waals surface area contributed by atoms with E-state index >= 15 is 0 Å². The van der Waals surface area contributed by atoms with E-state index in [9.17, 15) is 0 Å². The van der Waals surface area contributed by atoms with Crippen molar-refractivity contribution >= 4 is 27.8 Å². The van der Waals surface area contributed by atoms with E-state index in [4.69, 9.17) is 32.8 Å². The van der Waals surface area contributed by atoms with Gasteiger partial charge in [-0.2, -0.15) is 8.42 Å². The van der Waals surface area contributed by atoms with Crippen LogP contribution in [0.1, 0.15) is 0 Å². The molecule has 0 saturated heterocycles. The summed E-state index contributed by atoms with van der Waals surface area (Å²) in [6.45, 7) is 0. The molecule has 0 aromatic heterocycles. The molecule has 0 aliphatic carbocycles. The van der Waals surface area contributed by atoms with Crippen LogP contribution in [0.25, 0.3) is 0 Å². The predicted molar refractivity (Wildman–Crippen MR) is 36.5 cm³/mol. The summed E-state index contributed by atoms with van der Waals surface area (Å²) >= 11 is 0. The molecule has 0 saturated carbocycles. The Kier molecular flexibility index (Phi) is 19.5. The molecule has 0 aliphatic rings. The zero-order chi connectivity index (χ0) is 8.08. The molecule has 11 heavy (non-hydrogen) atoms. The first-order chi connectivity index (χ1) is 3.73. The van der Waals surface area contributed by atoms with Crippen LogP contribution in [0.2, 0.25) is 0 Å². The van der Waals surface area contributed by atoms with Gasteiger partial charge >= 0.3 is 10.4 Å². The van der Waals surface area contributed by atoms with E-state index in [1.165, 1.54) is 0 Å². The molecule has 0 aromatic carbocycles. The highest BCUT2D eigenvalue weighted by Crippen LogP contribution is 1.59. The van der Waals surface area contributed by atoms with Gasteiger partial charge in [0.15, 0.2) is 17.4 Å². The van der Waals surface area contributed by atoms with E-state index in [2.05, 4.69) is 0 Å². The molecule has 0 unspecified atom stereocenters. The fourth-order valence-electron chi connectivity index (χ4n) is 0. The van der Waals surface area contributed by atoms with Crippen LogP contribution in [0.15, 0.2) is 0 Å². The predicted octanol–water partition coefficient (Wildman–Crippen LogP) is -3.01. The van der Waals surface area contributed by atoms with Crippen LogP contribution in [0.4, 0.5) is 0 Å². The summed E-state index contributed by atoms with van der Waals surface area (Å²) in [5.41, 5.74) is 0. The standard InChI is InChI=1S/Al.HNO3.H2O4S.H2O.3H/c;2-1(3)4;1-5(2,3)4;;;;/h;(H,2,3,4);(H2,1,2,3,4);1H2;;;. The maximum atomic E-state index is 8.74. The average Bonchev–Trinajstić information content (AvgIpc) is 1.19. The zero-order valence-electron chi connectivity index (χ0n) is 4.33. The van der Waals surface area contributed by atoms with Gasteiger partial charge in [0.05, 0.1) is 0 Å². The molecule has 0 aliphatic heterocycles. The minimum atomic E-state index is -4.67. The summed E-state index contributed by atoms with van der Waals surface area (Å²) in [5, 5.41) is 13.6. The molecule has 9 nitrogen and oxygen atoms in total. The Morgan fingerprint density at radius 1 is 1.27 bits per heavy atom. The van der Waals surface area contributed by atoms with Crippen molar-refractivity contribution in [1.29, 1.82) is 0 Å². The summed E-state index contributed by atoms with van der Waals surface area (Å²) in [7, 11) is -4.67. The fraction of sp³-hybridized carbons (Fsp3) is 0. The van der Waals surface area contributed by atoms with Crippen molar-refractivity contribution in [2.45, 2.75) is 0 Å². The second kappa shape index (κ2) is 9.56. The lowest BCUT2D eigenvalue weighted by Crippen LogP contribution is -1.89. The summed E-state index contributed by atoms with van der Waals surface area (Å²) in [5.74, 6) is 0. The maximum absolute atomic E-state index is 8.74. The molecule has 0 rings (SSSR count). The lowest BCUT2D eigenvalue weighted by Gasteiger charge is -1.68. The summed E-state index contributed by atoms with van der Waals surface area (Å²) < 4.78 is 31.6. The van der Waals surface area contributed by atoms with Crippen molar-refractivity contribution in [2.75, 3.05) is 0 Å². The third kappa shape index (κ3) is 2860. The third-order valence-corrected chi connectivity index (χ3v) is 0. The van der Waals surface area contributed by atoms with Gasteiger partial charge in [-0.3, -0.25) is 9.11 Å². The molecule has 0 heterocycles. The van der Waals surface area contributed by atoms with Crippen LogP contribution in [0, 0.1) is 10.1 Å². The van der Waals surface area contributed by atoms with E-state index in [1.807, 2.05) is 0 Å². The third-order valence-electron chi connectivity index (χ3n) is 0. The molecule has 0 spiro atoms. The number of hydrogen-bond donors (Lipinski definition) is 3. The van der Waals surface area contributed by atoms with E-state index < -0.39 is 15.5 Å². The van der Waals surface area contributed by atoms with E-state index in [-0.39, 0.29) is 22.8 Å². The van der Waals surface area contributed by atoms with Gasteiger partial charge in [-0.1, -0.05) is 0 Å². The van der Waals surface area contributed by atoms with Crippen molar-refractivity contribution < 1.29 is 33.3 Å². The highest BCUT2D eigenvalue weighted by Gasteiger charge is 1.84. The lowest BCUT2D eigenvalue weighted by atomic mass is 13.1. The first-order valence-corrected chi connectivity index (χ1v) is 2.66. The van der Waals surface area contributed by atoms with Gasteiger partial charge in [-0.25, -0.2) is 0 Å². The van der Waals surface area contributed by atoms with Crippen LogP contribution in [-0.4, -0.2) is 50.7 Å². The van der Waals surface area contributed by atoms with Crippen LogP contribution in [0.5, 0.6) is 0 Å². The number of nitrogens with zero attached hydrogens (tertiary/aromatic N) is 1. The smallest absolute Gasteiger partial charge is 0.394 e. The van der Waals surface area contributed by atoms with Crippen molar-refractivity contribution in [2.24, 2.45) is 0 Å². The molecule has 5 N–H and O–H groups in total. The molecule has 11 heteroatoms. The first-order valence-electron chi connectivity index (χ1n) is 1.26. The highest BCUT2D eigenvalue weighted by atomic mass is 32.3. The fourth-order valence-corrected chi connectivity index (χ4v) is 0. The monoisotopic (exact) mass is 209 g/mol. The van der Waals surface area contributed by atoms with Gasteiger partial charge in [0.2, 0.25) is 0 Å². The Bertz CT molecular complexity index is 157. The second-order valence-electron chi connectivity index (χ2n) is 0.686. The van der Waals surface area contributed by atoms with Crippen LogP contribution in [-0.2, 0) is 10.4 Å². The molecule has 0 bridgehead atoms. The van der Waals surface area contributed by atoms with Gasteiger partial charge in [0.1, 0.15) is 0 Å². The molecule has 0 radical (unpaired) electrons. The maximum Gasteiger partial charge on any atom is 0.394 e. The van der Waals surface area contributed by atoms with Crippen molar-refractivity contribution in [3.05, 3.63) is 10.1 Å². The zero-order valence-corrected chi connectivity index (χ0v) is 5.15. The van der Waals surface area contributed by atoms with E-state index in [1.54, 1.807) is 0 Å². The largest absolute Gasteiger partial charge is 0.412 e. The summed E-state index contributed by atoms with van der Waals surface area (Å²) in [6, 6.07) is 0. The molecular weight excluding hydrogens is 201 g/mol. The van der Waals surface area contributed by atoms with Gasteiger partial charge < -0.3 is 10.7 Å². The normalized spacial score (nSPS) is 7.45. The minimum absolute atomic E-state index is 0. The molecule has 0 fully saturated rings. The quantitative estimate of drug-likeness (QED) is 0.165. The number of hydrogen-bond acceptors (Lipinski definition) is 4. The Morgan fingerprint density at radius 3 is 1.27 bits per heavy atom. The second-order valence-corrected chi connectivity index (χ2v) is 1.58. The molecular formula is H8AlNO8S. The van der Waals surface area contributed by atoms with E-state index in [0.717, 1.165) is 0 Å². The van der Waals surface area contributed by atoms with Gasteiger partial charge in [-0.05, 0) is 0 Å². The SMILES string of the molecule is O.O=S(=O)(O)O.O=[N+]([O-])O.[AlH3]. The van der Waals surface area contributed by atoms with E-state index in [0.29, 0.717) is 0 Å². The van der Waals surface area contributed by atoms with Crippen molar-refractivity contribution in [3.8, 4) is 0 Å². The van der Waals surface area contributed by atoms with Gasteiger partial charge in [0.25, 0.3) is 5.09 Å². The summed E-state index contributed by atoms with van der Waals surface area (Å²) in [4.78, 5) is 8.36. The van der Waals surface area contributed by atoms with Crippen LogP contribution >= 0.6 is 0 Å². The molecule has 0 aromatic rings. The van der Waals surface area contributed by atoms with Gasteiger partial charge in [0, 0.05) is 0 Å². The Hall–Kier alpha value is -0.438. The van der Waals surface area contributed by atoms with Crippen LogP contribution < -0.4 is 0 Å². The lowest BCUT2D eigenvalue weighted by molar-refractivity contribution is -0.742. The molecule has 0 amide bonds. The first kappa shape index (κ1) is 22.4. The number of rotatable bonds is 0. The molecule has 0 atom stereocenters. The van der Waals surface area contributed by atoms with Crippen molar-refractivity contribution in [1.82, 2.24) is 0 Å². The van der Waals surface area contributed by atoms with Crippen LogP contribution in [0.3, 0.4) is 0 Å². The Morgan fingerprint density at radius 2 is 1.27 bits per heavy atom. The minimum Gasteiger partial charge on any atom is -0.412 e. The van der Waals surface area contributed by atoms with Crippen molar-refractivity contribution in [3.63, 3.8) is 0 Å². The average molecular weight is 209 g/mol. The van der Waals surface area contributed by atoms with Gasteiger partial charge in [-0.15, -0.1) is 10.1 Å². The highest BCUT2D eigenvalue weighted by molar-refractivity contribution is 7.79. The Labute approximate surface area is 71.8 Å². The topological polar surface area (TPSA) is 169 Å².